The van der Waals surface area contributed by atoms with E-state index >= 15 is 0 Å². The van der Waals surface area contributed by atoms with Crippen LogP contribution < -0.4 is 5.32 Å². The van der Waals surface area contributed by atoms with Gasteiger partial charge in [0.15, 0.2) is 0 Å². The molecule has 106 valence electrons. The number of hydrogen-bond donors (Lipinski definition) is 2. The first kappa shape index (κ1) is 16.7. The van der Waals surface area contributed by atoms with Crippen LogP contribution in [-0.2, 0) is 4.79 Å². The lowest BCUT2D eigenvalue weighted by atomic mass is 9.99. The first-order chi connectivity index (χ1) is 8.34. The van der Waals surface area contributed by atoms with Crippen molar-refractivity contribution in [2.45, 2.75) is 59.0 Å². The molecule has 0 aliphatic heterocycles. The van der Waals surface area contributed by atoms with Gasteiger partial charge in [-0.25, -0.2) is 9.59 Å². The van der Waals surface area contributed by atoms with Gasteiger partial charge in [0.25, 0.3) is 0 Å². The molecule has 0 aromatic carbocycles. The van der Waals surface area contributed by atoms with E-state index in [0.29, 0.717) is 6.42 Å². The Morgan fingerprint density at radius 1 is 1.28 bits per heavy atom. The average molecular weight is 258 g/mol. The molecule has 0 rings (SSSR count). The third kappa shape index (κ3) is 4.94. The largest absolute Gasteiger partial charge is 0.480 e. The number of hydrogen-bond acceptors (Lipinski definition) is 2. The molecule has 0 aliphatic rings. The van der Waals surface area contributed by atoms with Crippen molar-refractivity contribution in [3.8, 4) is 0 Å². The zero-order chi connectivity index (χ0) is 14.3. The highest BCUT2D eigenvalue weighted by Crippen LogP contribution is 2.10. The molecule has 2 amide bonds. The Morgan fingerprint density at radius 3 is 2.22 bits per heavy atom. The van der Waals surface area contributed by atoms with Crippen LogP contribution in [0.25, 0.3) is 0 Å². The van der Waals surface area contributed by atoms with E-state index in [9.17, 15) is 9.59 Å². The minimum Gasteiger partial charge on any atom is -0.480 e. The van der Waals surface area contributed by atoms with Crippen molar-refractivity contribution in [2.24, 2.45) is 5.92 Å². The van der Waals surface area contributed by atoms with Crippen LogP contribution in [0, 0.1) is 5.92 Å². The van der Waals surface area contributed by atoms with E-state index in [1.807, 2.05) is 20.8 Å². The summed E-state index contributed by atoms with van der Waals surface area (Å²) in [6.07, 6.45) is 2.61. The molecule has 0 spiro atoms. The first-order valence-corrected chi connectivity index (χ1v) is 6.61. The van der Waals surface area contributed by atoms with Crippen molar-refractivity contribution in [1.29, 1.82) is 0 Å². The van der Waals surface area contributed by atoms with Crippen molar-refractivity contribution in [3.05, 3.63) is 0 Å². The molecule has 2 unspecified atom stereocenters. The van der Waals surface area contributed by atoms with Crippen molar-refractivity contribution < 1.29 is 14.7 Å². The second kappa shape index (κ2) is 7.95. The molecule has 0 aliphatic carbocycles. The summed E-state index contributed by atoms with van der Waals surface area (Å²) in [5, 5.41) is 11.7. The molecule has 0 aromatic heterocycles. The fourth-order valence-electron chi connectivity index (χ4n) is 1.73. The summed E-state index contributed by atoms with van der Waals surface area (Å²) >= 11 is 0. The maximum absolute atomic E-state index is 11.9. The highest BCUT2D eigenvalue weighted by atomic mass is 16.4. The third-order valence-electron chi connectivity index (χ3n) is 3.45. The molecule has 5 nitrogen and oxygen atoms in total. The van der Waals surface area contributed by atoms with Gasteiger partial charge in [-0.1, -0.05) is 33.6 Å². The quantitative estimate of drug-likeness (QED) is 0.736. The number of carbonyl (C=O) groups is 2. The molecule has 2 N–H and O–H groups in total. The second-order valence-corrected chi connectivity index (χ2v) is 4.90. The lowest BCUT2D eigenvalue weighted by molar-refractivity contribution is -0.140. The van der Waals surface area contributed by atoms with Crippen molar-refractivity contribution in [3.63, 3.8) is 0 Å². The fourth-order valence-corrected chi connectivity index (χ4v) is 1.73. The zero-order valence-corrected chi connectivity index (χ0v) is 12.1. The van der Waals surface area contributed by atoms with Crippen LogP contribution in [0.5, 0.6) is 0 Å². The SMILES string of the molecule is CCCC(C)N(C)C(=O)N[C@H](C(=O)O)C(C)CC. The molecule has 0 fully saturated rings. The Hall–Kier alpha value is -1.26. The molecule has 3 atom stereocenters. The summed E-state index contributed by atoms with van der Waals surface area (Å²) in [6, 6.07) is -1.02. The highest BCUT2D eigenvalue weighted by molar-refractivity contribution is 5.82. The predicted molar refractivity (Wildman–Crippen MR) is 71.5 cm³/mol. The second-order valence-electron chi connectivity index (χ2n) is 4.90. The molecule has 0 bridgehead atoms. The number of amides is 2. The van der Waals surface area contributed by atoms with Crippen LogP contribution in [0.1, 0.15) is 47.0 Å². The molecule has 0 radical (unpaired) electrons. The Kier molecular flexibility index (Phi) is 7.39. The van der Waals surface area contributed by atoms with Crippen LogP contribution >= 0.6 is 0 Å². The monoisotopic (exact) mass is 258 g/mol. The summed E-state index contributed by atoms with van der Waals surface area (Å²) in [4.78, 5) is 24.6. The number of aliphatic carboxylic acids is 1. The van der Waals surface area contributed by atoms with Crippen molar-refractivity contribution in [2.75, 3.05) is 7.05 Å². The lowest BCUT2D eigenvalue weighted by Gasteiger charge is -2.28. The molecule has 0 aromatic rings. The predicted octanol–water partition coefficient (Wildman–Crippen LogP) is 2.32. The molecule has 0 heterocycles. The van der Waals surface area contributed by atoms with E-state index in [1.165, 1.54) is 0 Å². The Labute approximate surface area is 110 Å². The van der Waals surface area contributed by atoms with Crippen molar-refractivity contribution in [1.82, 2.24) is 10.2 Å². The molecule has 5 heteroatoms. The number of carbonyl (C=O) groups excluding carboxylic acids is 1. The van der Waals surface area contributed by atoms with E-state index in [-0.39, 0.29) is 18.0 Å². The van der Waals surface area contributed by atoms with E-state index in [1.54, 1.807) is 11.9 Å². The summed E-state index contributed by atoms with van der Waals surface area (Å²) in [7, 11) is 1.70. The minimum atomic E-state index is -0.978. The molecule has 0 saturated heterocycles. The van der Waals surface area contributed by atoms with Crippen LogP contribution in [-0.4, -0.2) is 41.1 Å². The molecule has 18 heavy (non-hydrogen) atoms. The van der Waals surface area contributed by atoms with Gasteiger partial charge in [-0.3, -0.25) is 0 Å². The summed E-state index contributed by atoms with van der Waals surface area (Å²) < 4.78 is 0. The topological polar surface area (TPSA) is 69.6 Å². The minimum absolute atomic E-state index is 0.0821. The van der Waals surface area contributed by atoms with Crippen LogP contribution in [0.4, 0.5) is 4.79 Å². The number of carboxylic acid groups (broad SMARTS) is 1. The van der Waals surface area contributed by atoms with Crippen LogP contribution in [0.2, 0.25) is 0 Å². The number of carboxylic acids is 1. The van der Waals surface area contributed by atoms with Crippen molar-refractivity contribution >= 4 is 12.0 Å². The van der Waals surface area contributed by atoms with Gasteiger partial charge in [-0.15, -0.1) is 0 Å². The van der Waals surface area contributed by atoms with Gasteiger partial charge in [0, 0.05) is 13.1 Å². The van der Waals surface area contributed by atoms with Gasteiger partial charge in [0.1, 0.15) is 6.04 Å². The van der Waals surface area contributed by atoms with Gasteiger partial charge >= 0.3 is 12.0 Å². The van der Waals surface area contributed by atoms with Gasteiger partial charge in [-0.2, -0.15) is 0 Å². The summed E-state index contributed by atoms with van der Waals surface area (Å²) in [6.45, 7) is 7.76. The summed E-state index contributed by atoms with van der Waals surface area (Å²) in [5.74, 6) is -1.06. The normalized spacial score (nSPS) is 15.6. The van der Waals surface area contributed by atoms with Gasteiger partial charge in [-0.05, 0) is 19.3 Å². The maximum Gasteiger partial charge on any atom is 0.326 e. The standard InChI is InChI=1S/C13H26N2O3/c1-6-8-10(4)15(5)13(18)14-11(12(16)17)9(3)7-2/h9-11H,6-8H2,1-5H3,(H,14,18)(H,16,17)/t9?,10?,11-/m0/s1. The van der Waals surface area contributed by atoms with E-state index < -0.39 is 12.0 Å². The smallest absolute Gasteiger partial charge is 0.326 e. The van der Waals surface area contributed by atoms with E-state index in [0.717, 1.165) is 12.8 Å². The molecular weight excluding hydrogens is 232 g/mol. The number of nitrogens with one attached hydrogen (secondary N) is 1. The number of urea groups is 1. The highest BCUT2D eigenvalue weighted by Gasteiger charge is 2.27. The average Bonchev–Trinajstić information content (AvgIpc) is 2.33. The first-order valence-electron chi connectivity index (χ1n) is 6.61. The van der Waals surface area contributed by atoms with Crippen LogP contribution in [0.15, 0.2) is 0 Å². The summed E-state index contributed by atoms with van der Waals surface area (Å²) in [5.41, 5.74) is 0. The van der Waals surface area contributed by atoms with Crippen LogP contribution in [0.3, 0.4) is 0 Å². The Balaban J connectivity index is 4.55. The Morgan fingerprint density at radius 2 is 1.83 bits per heavy atom. The van der Waals surface area contributed by atoms with E-state index in [2.05, 4.69) is 12.2 Å². The number of rotatable bonds is 7. The van der Waals surface area contributed by atoms with Gasteiger partial charge < -0.3 is 15.3 Å². The number of nitrogens with zero attached hydrogens (tertiary/aromatic N) is 1. The fraction of sp³-hybridized carbons (Fsp3) is 0.846. The molecular formula is C13H26N2O3. The van der Waals surface area contributed by atoms with E-state index in [4.69, 9.17) is 5.11 Å². The maximum atomic E-state index is 11.9. The Bertz CT molecular complexity index is 281. The zero-order valence-electron chi connectivity index (χ0n) is 12.1. The lowest BCUT2D eigenvalue weighted by Crippen LogP contribution is -2.51. The third-order valence-corrected chi connectivity index (χ3v) is 3.45. The van der Waals surface area contributed by atoms with Gasteiger partial charge in [0.2, 0.25) is 0 Å². The van der Waals surface area contributed by atoms with Gasteiger partial charge in [0.05, 0.1) is 0 Å². The molecule has 0 saturated carbocycles.